The van der Waals surface area contributed by atoms with E-state index in [-0.39, 0.29) is 12.2 Å². The Morgan fingerprint density at radius 1 is 1.14 bits per heavy atom. The summed E-state index contributed by atoms with van der Waals surface area (Å²) in [4.78, 5) is 0.630. The van der Waals surface area contributed by atoms with Gasteiger partial charge in [0.05, 0.1) is 16.9 Å². The SMILES string of the molecule is C[C@@H]1O[C@@H](S(=O)c2ccccc2)[C@@H](O)[C@@H]2OC(C)(C)O[C@@H]21. The zero-order valence-electron chi connectivity index (χ0n) is 12.3. The average Bonchev–Trinajstić information content (AvgIpc) is 2.80. The lowest BCUT2D eigenvalue weighted by Gasteiger charge is -2.38. The van der Waals surface area contributed by atoms with Crippen molar-refractivity contribution in [3.05, 3.63) is 30.3 Å². The fourth-order valence-electron chi connectivity index (χ4n) is 2.83. The van der Waals surface area contributed by atoms with Crippen molar-refractivity contribution in [2.45, 2.75) is 61.3 Å². The van der Waals surface area contributed by atoms with Gasteiger partial charge < -0.3 is 19.3 Å². The molecule has 2 heterocycles. The zero-order valence-corrected chi connectivity index (χ0v) is 13.1. The van der Waals surface area contributed by atoms with Gasteiger partial charge in [0.1, 0.15) is 18.3 Å². The van der Waals surface area contributed by atoms with Crippen molar-refractivity contribution in [3.8, 4) is 0 Å². The lowest BCUT2D eigenvalue weighted by molar-refractivity contribution is -0.153. The molecule has 2 aliphatic rings. The molecule has 1 N–H and O–H groups in total. The van der Waals surface area contributed by atoms with Crippen LogP contribution in [0.1, 0.15) is 20.8 Å². The Labute approximate surface area is 126 Å². The van der Waals surface area contributed by atoms with Crippen LogP contribution in [0.2, 0.25) is 0 Å². The Morgan fingerprint density at radius 3 is 2.43 bits per heavy atom. The first-order chi connectivity index (χ1) is 9.89. The molecule has 0 aromatic heterocycles. The molecule has 1 unspecified atom stereocenters. The molecule has 3 rings (SSSR count). The van der Waals surface area contributed by atoms with E-state index in [0.29, 0.717) is 4.90 Å². The minimum atomic E-state index is -1.46. The van der Waals surface area contributed by atoms with Crippen molar-refractivity contribution in [2.75, 3.05) is 0 Å². The summed E-state index contributed by atoms with van der Waals surface area (Å²) in [6.45, 7) is 5.45. The standard InChI is InChI=1S/C15H20O5S/c1-9-12-13(20-15(2,3)19-12)11(16)14(18-9)21(17)10-7-5-4-6-8-10/h4-9,11-14,16H,1-3H3/t9-,11-,12+,13-,14-,21?/m0/s1. The quantitative estimate of drug-likeness (QED) is 0.895. The third kappa shape index (κ3) is 2.78. The van der Waals surface area contributed by atoms with Crippen LogP contribution in [0.3, 0.4) is 0 Å². The highest BCUT2D eigenvalue weighted by Crippen LogP contribution is 2.38. The summed E-state index contributed by atoms with van der Waals surface area (Å²) >= 11 is 0. The second-order valence-electron chi connectivity index (χ2n) is 5.88. The van der Waals surface area contributed by atoms with Crippen LogP contribution in [-0.4, -0.2) is 45.0 Å². The molecule has 0 radical (unpaired) electrons. The Kier molecular flexibility index (Phi) is 3.92. The van der Waals surface area contributed by atoms with E-state index in [4.69, 9.17) is 14.2 Å². The number of benzene rings is 1. The number of ether oxygens (including phenoxy) is 3. The molecule has 1 aromatic rings. The molecule has 2 fully saturated rings. The molecule has 116 valence electrons. The van der Waals surface area contributed by atoms with Gasteiger partial charge in [-0.1, -0.05) is 18.2 Å². The van der Waals surface area contributed by atoms with Gasteiger partial charge in [0.15, 0.2) is 11.2 Å². The van der Waals surface area contributed by atoms with Gasteiger partial charge in [0.25, 0.3) is 0 Å². The third-order valence-corrected chi connectivity index (χ3v) is 5.33. The minimum Gasteiger partial charge on any atom is -0.387 e. The van der Waals surface area contributed by atoms with Crippen LogP contribution >= 0.6 is 0 Å². The van der Waals surface area contributed by atoms with Gasteiger partial charge in [-0.3, -0.25) is 4.21 Å². The predicted octanol–water partition coefficient (Wildman–Crippen LogP) is 1.42. The van der Waals surface area contributed by atoms with Gasteiger partial charge in [-0.05, 0) is 32.9 Å². The Balaban J connectivity index is 1.84. The van der Waals surface area contributed by atoms with Crippen LogP contribution in [0.4, 0.5) is 0 Å². The lowest BCUT2D eigenvalue weighted by atomic mass is 10.0. The molecule has 0 amide bonds. The first-order valence-corrected chi connectivity index (χ1v) is 8.25. The molecule has 0 aliphatic carbocycles. The maximum atomic E-state index is 12.6. The molecule has 6 heteroatoms. The average molecular weight is 312 g/mol. The monoisotopic (exact) mass is 312 g/mol. The summed E-state index contributed by atoms with van der Waals surface area (Å²) in [5.74, 6) is -0.767. The maximum Gasteiger partial charge on any atom is 0.165 e. The second-order valence-corrected chi connectivity index (χ2v) is 7.41. The van der Waals surface area contributed by atoms with Crippen molar-refractivity contribution in [2.24, 2.45) is 0 Å². The van der Waals surface area contributed by atoms with Crippen LogP contribution in [0.5, 0.6) is 0 Å². The van der Waals surface area contributed by atoms with Crippen LogP contribution in [-0.2, 0) is 25.0 Å². The molecule has 6 atom stereocenters. The van der Waals surface area contributed by atoms with E-state index in [1.165, 1.54) is 0 Å². The molecule has 0 saturated carbocycles. The highest BCUT2D eigenvalue weighted by Gasteiger charge is 2.54. The van der Waals surface area contributed by atoms with Crippen LogP contribution in [0, 0.1) is 0 Å². The van der Waals surface area contributed by atoms with E-state index < -0.39 is 34.2 Å². The van der Waals surface area contributed by atoms with Crippen LogP contribution in [0.25, 0.3) is 0 Å². The molecule has 5 nitrogen and oxygen atoms in total. The molecule has 21 heavy (non-hydrogen) atoms. The van der Waals surface area contributed by atoms with Gasteiger partial charge in [-0.2, -0.15) is 0 Å². The topological polar surface area (TPSA) is 65.0 Å². The molecule has 2 saturated heterocycles. The summed E-state index contributed by atoms with van der Waals surface area (Å²) in [7, 11) is -1.46. The molecule has 1 aromatic carbocycles. The Morgan fingerprint density at radius 2 is 1.76 bits per heavy atom. The number of hydrogen-bond donors (Lipinski definition) is 1. The summed E-state index contributed by atoms with van der Waals surface area (Å²) < 4.78 is 29.9. The number of rotatable bonds is 2. The third-order valence-electron chi connectivity index (χ3n) is 3.78. The molecule has 0 spiro atoms. The predicted molar refractivity (Wildman–Crippen MR) is 77.0 cm³/mol. The highest BCUT2D eigenvalue weighted by molar-refractivity contribution is 7.85. The number of fused-ring (bicyclic) bond motifs is 1. The maximum absolute atomic E-state index is 12.6. The molecule has 2 aliphatic heterocycles. The largest absolute Gasteiger partial charge is 0.387 e. The first kappa shape index (κ1) is 15.1. The summed E-state index contributed by atoms with van der Waals surface area (Å²) in [5.41, 5.74) is -0.818. The van der Waals surface area contributed by atoms with E-state index >= 15 is 0 Å². The van der Waals surface area contributed by atoms with E-state index in [2.05, 4.69) is 0 Å². The fourth-order valence-corrected chi connectivity index (χ4v) is 4.21. The van der Waals surface area contributed by atoms with E-state index in [1.807, 2.05) is 25.1 Å². The van der Waals surface area contributed by atoms with Crippen molar-refractivity contribution in [1.82, 2.24) is 0 Å². The lowest BCUT2D eigenvalue weighted by Crippen LogP contribution is -2.56. The van der Waals surface area contributed by atoms with Gasteiger partial charge >= 0.3 is 0 Å². The van der Waals surface area contributed by atoms with Gasteiger partial charge in [-0.25, -0.2) is 0 Å². The number of hydrogen-bond acceptors (Lipinski definition) is 5. The number of aliphatic hydroxyl groups is 1. The summed E-state index contributed by atoms with van der Waals surface area (Å²) in [6, 6.07) is 9.01. The second kappa shape index (κ2) is 5.44. The molecular formula is C15H20O5S. The summed E-state index contributed by atoms with van der Waals surface area (Å²) in [6.07, 6.45) is -2.16. The number of aliphatic hydroxyl groups excluding tert-OH is 1. The highest BCUT2D eigenvalue weighted by atomic mass is 32.2. The molecular weight excluding hydrogens is 292 g/mol. The van der Waals surface area contributed by atoms with E-state index in [9.17, 15) is 9.32 Å². The zero-order chi connectivity index (χ0) is 15.2. The van der Waals surface area contributed by atoms with Crippen molar-refractivity contribution in [1.29, 1.82) is 0 Å². The van der Waals surface area contributed by atoms with Crippen LogP contribution < -0.4 is 0 Å². The van der Waals surface area contributed by atoms with Crippen molar-refractivity contribution >= 4 is 10.8 Å². The van der Waals surface area contributed by atoms with E-state index in [1.54, 1.807) is 26.0 Å². The van der Waals surface area contributed by atoms with E-state index in [0.717, 1.165) is 0 Å². The smallest absolute Gasteiger partial charge is 0.165 e. The molecule has 0 bridgehead atoms. The normalized spacial score (nSPS) is 39.7. The first-order valence-electron chi connectivity index (χ1n) is 7.04. The van der Waals surface area contributed by atoms with Gasteiger partial charge in [0, 0.05) is 4.90 Å². The van der Waals surface area contributed by atoms with Gasteiger partial charge in [0.2, 0.25) is 0 Å². The van der Waals surface area contributed by atoms with Gasteiger partial charge in [-0.15, -0.1) is 0 Å². The summed E-state index contributed by atoms with van der Waals surface area (Å²) in [5, 5.41) is 10.5. The minimum absolute atomic E-state index is 0.294. The van der Waals surface area contributed by atoms with Crippen molar-refractivity contribution < 1.29 is 23.5 Å². The fraction of sp³-hybridized carbons (Fsp3) is 0.600. The van der Waals surface area contributed by atoms with Crippen molar-refractivity contribution in [3.63, 3.8) is 0 Å². The Bertz CT molecular complexity index is 532. The Hall–Kier alpha value is -0.790. The van der Waals surface area contributed by atoms with Crippen LogP contribution in [0.15, 0.2) is 35.2 Å².